The van der Waals surface area contributed by atoms with Crippen molar-refractivity contribution in [3.8, 4) is 0 Å². The number of Topliss-reactive ketones (excluding diaryl/α,β-unsaturated/α-hetero) is 1. The van der Waals surface area contributed by atoms with Crippen LogP contribution in [0.15, 0.2) is 0 Å². The minimum atomic E-state index is -0.680. The molecule has 1 heterocycles. The molecule has 0 aromatic rings. The number of carbonyl (C=O) groups excluding carboxylic acids is 1. The Bertz CT molecular complexity index is 246. The van der Waals surface area contributed by atoms with Gasteiger partial charge in [-0.1, -0.05) is 6.92 Å². The lowest BCUT2D eigenvalue weighted by molar-refractivity contribution is -0.132. The van der Waals surface area contributed by atoms with Gasteiger partial charge in [0.05, 0.1) is 11.5 Å². The third-order valence-corrected chi connectivity index (χ3v) is 3.04. The average molecular weight is 199 g/mol. The Hall–Kier alpha value is -0.410. The van der Waals surface area contributed by atoms with Crippen LogP contribution in [0.4, 0.5) is 0 Å². The van der Waals surface area contributed by atoms with Crippen LogP contribution in [0.5, 0.6) is 0 Å². The molecule has 0 aromatic heterocycles. The summed E-state index contributed by atoms with van der Waals surface area (Å²) < 4.78 is 5.75. The van der Waals surface area contributed by atoms with Crippen LogP contribution in [0.25, 0.3) is 0 Å². The van der Waals surface area contributed by atoms with E-state index in [-0.39, 0.29) is 17.7 Å². The highest BCUT2D eigenvalue weighted by atomic mass is 16.5. The molecule has 2 atom stereocenters. The second kappa shape index (κ2) is 3.31. The van der Waals surface area contributed by atoms with E-state index in [9.17, 15) is 4.79 Å². The number of ether oxygens (including phenoxy) is 1. The van der Waals surface area contributed by atoms with Crippen molar-refractivity contribution in [3.05, 3.63) is 0 Å². The van der Waals surface area contributed by atoms with Crippen molar-refractivity contribution in [2.45, 2.75) is 58.3 Å². The molecule has 3 nitrogen and oxygen atoms in total. The molecule has 2 N–H and O–H groups in total. The molecule has 0 amide bonds. The Labute approximate surface area is 86.0 Å². The van der Waals surface area contributed by atoms with Crippen molar-refractivity contribution in [1.82, 2.24) is 0 Å². The smallest absolute Gasteiger partial charge is 0.171 e. The zero-order valence-electron chi connectivity index (χ0n) is 9.76. The highest BCUT2D eigenvalue weighted by Gasteiger charge is 2.54. The van der Waals surface area contributed by atoms with Crippen LogP contribution in [0, 0.1) is 5.92 Å². The molecule has 0 bridgehead atoms. The summed E-state index contributed by atoms with van der Waals surface area (Å²) in [7, 11) is 0. The highest BCUT2D eigenvalue weighted by molar-refractivity contribution is 5.92. The van der Waals surface area contributed by atoms with E-state index in [1.807, 2.05) is 34.6 Å². The van der Waals surface area contributed by atoms with Gasteiger partial charge in [-0.15, -0.1) is 0 Å². The molecule has 1 fully saturated rings. The average Bonchev–Trinajstić information content (AvgIpc) is 2.16. The van der Waals surface area contributed by atoms with Crippen molar-refractivity contribution < 1.29 is 9.53 Å². The molecule has 82 valence electrons. The number of hydrogen-bond acceptors (Lipinski definition) is 3. The first-order valence-electron chi connectivity index (χ1n) is 5.22. The first-order chi connectivity index (χ1) is 6.22. The van der Waals surface area contributed by atoms with Crippen LogP contribution in [0.1, 0.15) is 41.0 Å². The molecule has 1 saturated heterocycles. The van der Waals surface area contributed by atoms with Gasteiger partial charge in [0, 0.05) is 6.04 Å². The van der Waals surface area contributed by atoms with Gasteiger partial charge in [-0.05, 0) is 34.1 Å². The van der Waals surface area contributed by atoms with Crippen LogP contribution >= 0.6 is 0 Å². The van der Waals surface area contributed by atoms with Gasteiger partial charge >= 0.3 is 0 Å². The van der Waals surface area contributed by atoms with E-state index in [2.05, 4.69) is 0 Å². The van der Waals surface area contributed by atoms with Crippen LogP contribution in [0.2, 0.25) is 0 Å². The third-order valence-electron chi connectivity index (χ3n) is 3.04. The van der Waals surface area contributed by atoms with E-state index in [0.717, 1.165) is 6.42 Å². The summed E-state index contributed by atoms with van der Waals surface area (Å²) >= 11 is 0. The molecule has 2 unspecified atom stereocenters. The van der Waals surface area contributed by atoms with Gasteiger partial charge in [-0.25, -0.2) is 0 Å². The number of nitrogens with two attached hydrogens (primary N) is 1. The second-order valence-corrected chi connectivity index (χ2v) is 5.13. The van der Waals surface area contributed by atoms with Gasteiger partial charge in [0.1, 0.15) is 5.60 Å². The van der Waals surface area contributed by atoms with Crippen molar-refractivity contribution in [2.75, 3.05) is 0 Å². The molecule has 0 aliphatic carbocycles. The lowest BCUT2D eigenvalue weighted by Gasteiger charge is -2.28. The third kappa shape index (κ3) is 1.71. The number of hydrogen-bond donors (Lipinski definition) is 1. The topological polar surface area (TPSA) is 52.3 Å². The maximum Gasteiger partial charge on any atom is 0.171 e. The lowest BCUT2D eigenvalue weighted by atomic mass is 9.80. The minimum absolute atomic E-state index is 0.0979. The summed E-state index contributed by atoms with van der Waals surface area (Å²) in [5, 5.41) is 0. The molecule has 0 spiro atoms. The fraction of sp³-hybridized carbons (Fsp3) is 0.909. The summed E-state index contributed by atoms with van der Waals surface area (Å²) in [6, 6.07) is -0.0979. The van der Waals surface area contributed by atoms with Crippen LogP contribution < -0.4 is 5.73 Å². The lowest BCUT2D eigenvalue weighted by Crippen LogP contribution is -2.44. The highest BCUT2D eigenvalue weighted by Crippen LogP contribution is 2.40. The predicted molar refractivity (Wildman–Crippen MR) is 56.0 cm³/mol. The van der Waals surface area contributed by atoms with Crippen LogP contribution in [-0.4, -0.2) is 23.0 Å². The summed E-state index contributed by atoms with van der Waals surface area (Å²) in [6.45, 7) is 9.53. The summed E-state index contributed by atoms with van der Waals surface area (Å²) in [5.74, 6) is -0.0423. The van der Waals surface area contributed by atoms with E-state index in [0.29, 0.717) is 0 Å². The Morgan fingerprint density at radius 2 is 1.93 bits per heavy atom. The van der Waals surface area contributed by atoms with Gasteiger partial charge in [0.2, 0.25) is 0 Å². The Kier molecular flexibility index (Phi) is 2.76. The largest absolute Gasteiger partial charge is 0.361 e. The normalized spacial score (nSPS) is 31.9. The van der Waals surface area contributed by atoms with E-state index in [1.54, 1.807) is 0 Å². The molecule has 1 rings (SSSR count). The summed E-state index contributed by atoms with van der Waals surface area (Å²) in [5.41, 5.74) is 4.85. The number of ketones is 1. The van der Waals surface area contributed by atoms with Gasteiger partial charge in [0.25, 0.3) is 0 Å². The van der Waals surface area contributed by atoms with Crippen molar-refractivity contribution in [2.24, 2.45) is 11.7 Å². The van der Waals surface area contributed by atoms with Gasteiger partial charge < -0.3 is 10.5 Å². The molecule has 3 heteroatoms. The van der Waals surface area contributed by atoms with Gasteiger partial charge in [-0.3, -0.25) is 4.79 Å². The number of carbonyl (C=O) groups is 1. The monoisotopic (exact) mass is 199 g/mol. The summed E-state index contributed by atoms with van der Waals surface area (Å²) in [6.07, 6.45) is 0.805. The van der Waals surface area contributed by atoms with Gasteiger partial charge in [-0.2, -0.15) is 0 Å². The standard InChI is InChI=1S/C11H21NO2/c1-6-7(12)8-9(13)11(4,5)14-10(8,2)3/h7-8H,6,12H2,1-5H3. The fourth-order valence-corrected chi connectivity index (χ4v) is 2.41. The second-order valence-electron chi connectivity index (χ2n) is 5.13. The first kappa shape index (κ1) is 11.7. The molecule has 0 radical (unpaired) electrons. The minimum Gasteiger partial charge on any atom is -0.361 e. The molecule has 0 saturated carbocycles. The van der Waals surface area contributed by atoms with E-state index in [4.69, 9.17) is 10.5 Å². The van der Waals surface area contributed by atoms with E-state index < -0.39 is 11.2 Å². The van der Waals surface area contributed by atoms with E-state index >= 15 is 0 Å². The quantitative estimate of drug-likeness (QED) is 0.733. The van der Waals surface area contributed by atoms with Gasteiger partial charge in [0.15, 0.2) is 5.78 Å². The summed E-state index contributed by atoms with van der Waals surface area (Å²) in [4.78, 5) is 12.0. The molecular formula is C11H21NO2. The first-order valence-corrected chi connectivity index (χ1v) is 5.22. The Morgan fingerprint density at radius 1 is 1.43 bits per heavy atom. The number of rotatable bonds is 2. The predicted octanol–water partition coefficient (Wildman–Crippen LogP) is 1.50. The molecular weight excluding hydrogens is 178 g/mol. The molecule has 1 aliphatic heterocycles. The zero-order valence-corrected chi connectivity index (χ0v) is 9.76. The maximum absolute atomic E-state index is 12.0. The zero-order chi connectivity index (χ0) is 11.1. The van der Waals surface area contributed by atoms with Crippen molar-refractivity contribution >= 4 is 5.78 Å². The Morgan fingerprint density at radius 3 is 2.21 bits per heavy atom. The fourth-order valence-electron chi connectivity index (χ4n) is 2.41. The SMILES string of the molecule is CCC(N)C1C(=O)C(C)(C)OC1(C)C. The van der Waals surface area contributed by atoms with Crippen LogP contribution in [-0.2, 0) is 9.53 Å². The molecule has 1 aliphatic rings. The molecule has 14 heavy (non-hydrogen) atoms. The molecule has 0 aromatic carbocycles. The Balaban J connectivity index is 2.99. The van der Waals surface area contributed by atoms with E-state index in [1.165, 1.54) is 0 Å². The van der Waals surface area contributed by atoms with Crippen LogP contribution in [0.3, 0.4) is 0 Å². The van der Waals surface area contributed by atoms with Crippen molar-refractivity contribution in [1.29, 1.82) is 0 Å². The maximum atomic E-state index is 12.0. The van der Waals surface area contributed by atoms with Crippen molar-refractivity contribution in [3.63, 3.8) is 0 Å².